The third-order valence-electron chi connectivity index (χ3n) is 3.17. The van der Waals surface area contributed by atoms with Gasteiger partial charge in [0, 0.05) is 27.2 Å². The van der Waals surface area contributed by atoms with Gasteiger partial charge in [-0.15, -0.1) is 0 Å². The van der Waals surface area contributed by atoms with Gasteiger partial charge in [-0.05, 0) is 18.8 Å². The zero-order valence-corrected chi connectivity index (χ0v) is 11.6. The topological polar surface area (TPSA) is 50.3 Å². The van der Waals surface area contributed by atoms with E-state index >= 15 is 0 Å². The van der Waals surface area contributed by atoms with Crippen molar-refractivity contribution in [1.29, 1.82) is 0 Å². The van der Waals surface area contributed by atoms with Crippen molar-refractivity contribution < 1.29 is 4.74 Å². The van der Waals surface area contributed by atoms with Crippen LogP contribution in [-0.2, 0) is 4.74 Å². The fraction of sp³-hybridized carbons (Fsp3) is 0.667. The lowest BCUT2D eigenvalue weighted by Gasteiger charge is -2.33. The number of methoxy groups -OCH3 is 1. The van der Waals surface area contributed by atoms with Crippen LogP contribution in [0.2, 0.25) is 5.02 Å². The molecule has 1 unspecified atom stereocenters. The predicted octanol–water partition coefficient (Wildman–Crippen LogP) is 2.03. The molecule has 0 saturated carbocycles. The second-order valence-corrected chi connectivity index (χ2v) is 4.93. The maximum atomic E-state index is 6.19. The van der Waals surface area contributed by atoms with E-state index in [0.29, 0.717) is 16.9 Å². The molecular weight excluding hydrogens is 252 g/mol. The predicted molar refractivity (Wildman–Crippen MR) is 73.4 cm³/mol. The summed E-state index contributed by atoms with van der Waals surface area (Å²) in [6.45, 7) is 2.71. The molecule has 0 spiro atoms. The third kappa shape index (κ3) is 3.03. The standard InChI is InChI=1S/C12H19ClN4O/c1-14-12-15-6-10(13)11(16-12)17-5-3-4-9(7-17)8-18-2/h6,9H,3-5,7-8H2,1-2H3,(H,14,15,16). The van der Waals surface area contributed by atoms with Crippen molar-refractivity contribution in [2.75, 3.05) is 44.1 Å². The van der Waals surface area contributed by atoms with E-state index in [1.165, 1.54) is 6.42 Å². The average molecular weight is 271 g/mol. The summed E-state index contributed by atoms with van der Waals surface area (Å²) in [5, 5.41) is 3.54. The minimum Gasteiger partial charge on any atom is -0.384 e. The first-order chi connectivity index (χ1) is 8.74. The minimum atomic E-state index is 0.549. The molecule has 1 atom stereocenters. The number of anilines is 2. The molecular formula is C12H19ClN4O. The maximum Gasteiger partial charge on any atom is 0.224 e. The largest absolute Gasteiger partial charge is 0.384 e. The zero-order chi connectivity index (χ0) is 13.0. The molecule has 0 radical (unpaired) electrons. The highest BCUT2D eigenvalue weighted by Crippen LogP contribution is 2.28. The normalized spacial score (nSPS) is 19.9. The molecule has 5 nitrogen and oxygen atoms in total. The Kier molecular flexibility index (Phi) is 4.60. The van der Waals surface area contributed by atoms with Gasteiger partial charge in [0.05, 0.1) is 12.8 Å². The van der Waals surface area contributed by atoms with E-state index in [0.717, 1.165) is 31.9 Å². The van der Waals surface area contributed by atoms with Gasteiger partial charge in [-0.1, -0.05) is 11.6 Å². The van der Waals surface area contributed by atoms with Gasteiger partial charge in [-0.2, -0.15) is 4.98 Å². The summed E-state index contributed by atoms with van der Waals surface area (Å²) in [7, 11) is 3.55. The smallest absolute Gasteiger partial charge is 0.224 e. The van der Waals surface area contributed by atoms with Gasteiger partial charge in [0.15, 0.2) is 5.82 Å². The van der Waals surface area contributed by atoms with E-state index in [2.05, 4.69) is 20.2 Å². The van der Waals surface area contributed by atoms with Crippen LogP contribution < -0.4 is 10.2 Å². The number of aromatic nitrogens is 2. The van der Waals surface area contributed by atoms with Crippen LogP contribution in [0.5, 0.6) is 0 Å². The molecule has 0 aliphatic carbocycles. The van der Waals surface area contributed by atoms with Crippen LogP contribution >= 0.6 is 11.6 Å². The van der Waals surface area contributed by atoms with Crippen molar-refractivity contribution in [2.45, 2.75) is 12.8 Å². The number of hydrogen-bond donors (Lipinski definition) is 1. The van der Waals surface area contributed by atoms with E-state index in [9.17, 15) is 0 Å². The molecule has 1 fully saturated rings. The van der Waals surface area contributed by atoms with E-state index in [1.807, 2.05) is 0 Å². The summed E-state index contributed by atoms with van der Waals surface area (Å²) >= 11 is 6.19. The SMILES string of the molecule is CNc1ncc(Cl)c(N2CCCC(COC)C2)n1. The minimum absolute atomic E-state index is 0.549. The van der Waals surface area contributed by atoms with Gasteiger partial charge in [0.25, 0.3) is 0 Å². The summed E-state index contributed by atoms with van der Waals surface area (Å²) in [5.74, 6) is 1.97. The molecule has 0 aromatic carbocycles. The lowest BCUT2D eigenvalue weighted by molar-refractivity contribution is 0.143. The molecule has 1 aliphatic heterocycles. The van der Waals surface area contributed by atoms with Gasteiger partial charge in [0.1, 0.15) is 5.02 Å². The summed E-state index contributed by atoms with van der Waals surface area (Å²) in [6.07, 6.45) is 3.99. The summed E-state index contributed by atoms with van der Waals surface area (Å²) in [6, 6.07) is 0. The van der Waals surface area contributed by atoms with E-state index in [4.69, 9.17) is 16.3 Å². The molecule has 1 aromatic heterocycles. The second-order valence-electron chi connectivity index (χ2n) is 4.52. The fourth-order valence-corrected chi connectivity index (χ4v) is 2.54. The summed E-state index contributed by atoms with van der Waals surface area (Å²) in [4.78, 5) is 10.8. The van der Waals surface area contributed by atoms with Crippen LogP contribution in [0.4, 0.5) is 11.8 Å². The molecule has 0 amide bonds. The fourth-order valence-electron chi connectivity index (χ4n) is 2.33. The number of piperidine rings is 1. The zero-order valence-electron chi connectivity index (χ0n) is 10.8. The lowest BCUT2D eigenvalue weighted by Crippen LogP contribution is -2.37. The van der Waals surface area contributed by atoms with E-state index < -0.39 is 0 Å². The first kappa shape index (κ1) is 13.4. The van der Waals surface area contributed by atoms with Crippen molar-refractivity contribution in [2.24, 2.45) is 5.92 Å². The number of nitrogens with zero attached hydrogens (tertiary/aromatic N) is 3. The van der Waals surface area contributed by atoms with Crippen molar-refractivity contribution >= 4 is 23.4 Å². The molecule has 1 aliphatic rings. The van der Waals surface area contributed by atoms with Crippen molar-refractivity contribution in [3.05, 3.63) is 11.2 Å². The highest BCUT2D eigenvalue weighted by atomic mass is 35.5. The van der Waals surface area contributed by atoms with Gasteiger partial charge in [0.2, 0.25) is 5.95 Å². The lowest BCUT2D eigenvalue weighted by atomic mass is 9.99. The van der Waals surface area contributed by atoms with Crippen LogP contribution in [0.1, 0.15) is 12.8 Å². The monoisotopic (exact) mass is 270 g/mol. The Morgan fingerprint density at radius 1 is 1.61 bits per heavy atom. The van der Waals surface area contributed by atoms with Gasteiger partial charge >= 0.3 is 0 Å². The molecule has 18 heavy (non-hydrogen) atoms. The van der Waals surface area contributed by atoms with E-state index in [-0.39, 0.29) is 0 Å². The Hall–Kier alpha value is -1.07. The maximum absolute atomic E-state index is 6.19. The summed E-state index contributed by atoms with van der Waals surface area (Å²) < 4.78 is 5.24. The Balaban J connectivity index is 2.14. The van der Waals surface area contributed by atoms with E-state index in [1.54, 1.807) is 20.4 Å². The quantitative estimate of drug-likeness (QED) is 0.907. The molecule has 6 heteroatoms. The van der Waals surface area contributed by atoms with Crippen LogP contribution in [-0.4, -0.2) is 43.8 Å². The van der Waals surface area contributed by atoms with Gasteiger partial charge in [-0.25, -0.2) is 4.98 Å². The molecule has 100 valence electrons. The number of ether oxygens (including phenoxy) is 1. The number of halogens is 1. The average Bonchev–Trinajstić information content (AvgIpc) is 2.40. The number of hydrogen-bond acceptors (Lipinski definition) is 5. The second kappa shape index (κ2) is 6.20. The van der Waals surface area contributed by atoms with Crippen molar-refractivity contribution in [3.63, 3.8) is 0 Å². The molecule has 1 aromatic rings. The summed E-state index contributed by atoms with van der Waals surface area (Å²) in [5.41, 5.74) is 0. The highest BCUT2D eigenvalue weighted by molar-refractivity contribution is 6.32. The van der Waals surface area contributed by atoms with Crippen LogP contribution in [0, 0.1) is 5.92 Å². The number of rotatable bonds is 4. The third-order valence-corrected chi connectivity index (χ3v) is 3.44. The van der Waals surface area contributed by atoms with Crippen molar-refractivity contribution in [3.8, 4) is 0 Å². The number of nitrogens with one attached hydrogen (secondary N) is 1. The van der Waals surface area contributed by atoms with Crippen molar-refractivity contribution in [1.82, 2.24) is 9.97 Å². The molecule has 1 saturated heterocycles. The van der Waals surface area contributed by atoms with Crippen LogP contribution in [0.25, 0.3) is 0 Å². The van der Waals surface area contributed by atoms with Crippen LogP contribution in [0.3, 0.4) is 0 Å². The highest BCUT2D eigenvalue weighted by Gasteiger charge is 2.22. The first-order valence-electron chi connectivity index (χ1n) is 6.18. The molecule has 0 bridgehead atoms. The molecule has 2 rings (SSSR count). The molecule has 2 heterocycles. The van der Waals surface area contributed by atoms with Gasteiger partial charge < -0.3 is 15.0 Å². The Morgan fingerprint density at radius 2 is 2.44 bits per heavy atom. The Labute approximate surface area is 113 Å². The molecule has 1 N–H and O–H groups in total. The van der Waals surface area contributed by atoms with Crippen LogP contribution in [0.15, 0.2) is 6.20 Å². The van der Waals surface area contributed by atoms with Gasteiger partial charge in [-0.3, -0.25) is 0 Å². The Bertz CT molecular complexity index is 400. The Morgan fingerprint density at radius 3 is 3.17 bits per heavy atom. The first-order valence-corrected chi connectivity index (χ1v) is 6.56.